The lowest BCUT2D eigenvalue weighted by atomic mass is 10.0. The van der Waals surface area contributed by atoms with Gasteiger partial charge in [0.1, 0.15) is 12.3 Å². The van der Waals surface area contributed by atoms with Crippen molar-refractivity contribution in [2.75, 3.05) is 18.0 Å². The lowest BCUT2D eigenvalue weighted by Gasteiger charge is -2.26. The van der Waals surface area contributed by atoms with Crippen LogP contribution in [0, 0.1) is 13.8 Å². The average molecular weight is 467 g/mol. The molecule has 6 nitrogen and oxygen atoms in total. The zero-order valence-electron chi connectivity index (χ0n) is 19.4. The van der Waals surface area contributed by atoms with Crippen molar-refractivity contribution in [3.63, 3.8) is 0 Å². The first-order valence-electron chi connectivity index (χ1n) is 10.8. The molecule has 0 aliphatic carbocycles. The molecule has 33 heavy (non-hydrogen) atoms. The predicted octanol–water partition coefficient (Wildman–Crippen LogP) is 4.77. The minimum atomic E-state index is -3.93. The van der Waals surface area contributed by atoms with E-state index in [0.29, 0.717) is 12.1 Å². The van der Waals surface area contributed by atoms with Gasteiger partial charge in [0.05, 0.1) is 23.7 Å². The third-order valence-corrected chi connectivity index (χ3v) is 7.29. The largest absolute Gasteiger partial charge is 0.496 e. The van der Waals surface area contributed by atoms with Crippen LogP contribution in [0.2, 0.25) is 0 Å². The molecule has 0 heterocycles. The summed E-state index contributed by atoms with van der Waals surface area (Å²) in [5.74, 6) is 0.397. The van der Waals surface area contributed by atoms with Crippen LogP contribution >= 0.6 is 0 Å². The van der Waals surface area contributed by atoms with Gasteiger partial charge in [0.25, 0.3) is 10.0 Å². The normalized spacial score (nSPS) is 12.1. The molecule has 1 atom stereocenters. The van der Waals surface area contributed by atoms with Crippen LogP contribution in [-0.2, 0) is 14.8 Å². The summed E-state index contributed by atoms with van der Waals surface area (Å²) in [4.78, 5) is 13.2. The number of aryl methyl sites for hydroxylation is 2. The van der Waals surface area contributed by atoms with E-state index < -0.39 is 10.0 Å². The highest BCUT2D eigenvalue weighted by Gasteiger charge is 2.28. The highest BCUT2D eigenvalue weighted by Crippen LogP contribution is 2.26. The van der Waals surface area contributed by atoms with Gasteiger partial charge in [0, 0.05) is 0 Å². The molecule has 3 aromatic carbocycles. The van der Waals surface area contributed by atoms with Gasteiger partial charge in [0.2, 0.25) is 5.91 Å². The number of sulfonamides is 1. The van der Waals surface area contributed by atoms with Crippen molar-refractivity contribution in [1.29, 1.82) is 0 Å². The van der Waals surface area contributed by atoms with E-state index in [1.807, 2.05) is 39.0 Å². The molecule has 7 heteroatoms. The molecule has 1 amide bonds. The Labute approximate surface area is 196 Å². The van der Waals surface area contributed by atoms with Crippen molar-refractivity contribution in [2.45, 2.75) is 38.1 Å². The minimum Gasteiger partial charge on any atom is -0.496 e. The van der Waals surface area contributed by atoms with E-state index in [1.54, 1.807) is 61.7 Å². The monoisotopic (exact) mass is 466 g/mol. The van der Waals surface area contributed by atoms with E-state index >= 15 is 0 Å². The Balaban J connectivity index is 1.87. The smallest absolute Gasteiger partial charge is 0.264 e. The Hall–Kier alpha value is -3.32. The number of para-hydroxylation sites is 1. The van der Waals surface area contributed by atoms with Crippen LogP contribution in [0.15, 0.2) is 77.7 Å². The fourth-order valence-corrected chi connectivity index (χ4v) is 5.08. The maximum Gasteiger partial charge on any atom is 0.264 e. The molecule has 0 fully saturated rings. The number of carbonyl (C=O) groups excluding carboxylic acids is 1. The standard InChI is InChI=1S/C26H30N2O4S/c1-5-24(21-13-16-25(32-4)20(3)17-21)27-26(29)18-28(22-9-7-6-8-10-22)33(30,31)23-14-11-19(2)12-15-23/h6-17,24H,5,18H2,1-4H3,(H,27,29). The molecule has 174 valence electrons. The first kappa shape index (κ1) is 24.3. The number of hydrogen-bond donors (Lipinski definition) is 1. The Morgan fingerprint density at radius 1 is 1.00 bits per heavy atom. The second-order valence-corrected chi connectivity index (χ2v) is 9.78. The second kappa shape index (κ2) is 10.5. The highest BCUT2D eigenvalue weighted by atomic mass is 32.2. The number of hydrogen-bond acceptors (Lipinski definition) is 4. The Bertz CT molecular complexity index is 1190. The number of carbonyl (C=O) groups is 1. The van der Waals surface area contributed by atoms with Crippen LogP contribution in [0.5, 0.6) is 5.75 Å². The average Bonchev–Trinajstić information content (AvgIpc) is 2.81. The van der Waals surface area contributed by atoms with Crippen LogP contribution in [0.3, 0.4) is 0 Å². The Morgan fingerprint density at radius 2 is 1.67 bits per heavy atom. The molecule has 0 radical (unpaired) electrons. The molecule has 0 aromatic heterocycles. The van der Waals surface area contributed by atoms with Gasteiger partial charge in [-0.25, -0.2) is 8.42 Å². The Kier molecular flexibility index (Phi) is 7.76. The van der Waals surface area contributed by atoms with Gasteiger partial charge in [0.15, 0.2) is 0 Å². The Morgan fingerprint density at radius 3 is 2.24 bits per heavy atom. The van der Waals surface area contributed by atoms with Gasteiger partial charge < -0.3 is 10.1 Å². The number of anilines is 1. The number of nitrogens with zero attached hydrogens (tertiary/aromatic N) is 1. The van der Waals surface area contributed by atoms with Crippen LogP contribution in [-0.4, -0.2) is 28.0 Å². The molecule has 0 saturated carbocycles. The zero-order chi connectivity index (χ0) is 24.0. The fraction of sp³-hybridized carbons (Fsp3) is 0.269. The number of ether oxygens (including phenoxy) is 1. The molecule has 3 aromatic rings. The predicted molar refractivity (Wildman–Crippen MR) is 131 cm³/mol. The molecule has 0 bridgehead atoms. The van der Waals surface area contributed by atoms with Crippen molar-refractivity contribution in [2.24, 2.45) is 0 Å². The van der Waals surface area contributed by atoms with E-state index in [-0.39, 0.29) is 23.4 Å². The van der Waals surface area contributed by atoms with E-state index in [9.17, 15) is 13.2 Å². The minimum absolute atomic E-state index is 0.141. The summed E-state index contributed by atoms with van der Waals surface area (Å²) >= 11 is 0. The molecule has 1 unspecified atom stereocenters. The summed E-state index contributed by atoms with van der Waals surface area (Å²) in [5.41, 5.74) is 3.30. The fourth-order valence-electron chi connectivity index (χ4n) is 3.66. The molecule has 3 rings (SSSR count). The van der Waals surface area contributed by atoms with Gasteiger partial charge in [-0.05, 0) is 61.7 Å². The molecule has 0 aliphatic rings. The quantitative estimate of drug-likeness (QED) is 0.493. The summed E-state index contributed by atoms with van der Waals surface area (Å²) in [6.07, 6.45) is 0.660. The van der Waals surface area contributed by atoms with Crippen LogP contribution in [0.25, 0.3) is 0 Å². The maximum absolute atomic E-state index is 13.5. The lowest BCUT2D eigenvalue weighted by Crippen LogP contribution is -2.42. The third kappa shape index (κ3) is 5.73. The molecule has 0 saturated heterocycles. The van der Waals surface area contributed by atoms with Crippen LogP contribution in [0.1, 0.15) is 36.1 Å². The number of benzene rings is 3. The molecule has 0 aliphatic heterocycles. The topological polar surface area (TPSA) is 75.7 Å². The molecule has 0 spiro atoms. The summed E-state index contributed by atoms with van der Waals surface area (Å²) in [6.45, 7) is 5.49. The van der Waals surface area contributed by atoms with Crippen LogP contribution in [0.4, 0.5) is 5.69 Å². The summed E-state index contributed by atoms with van der Waals surface area (Å²) in [7, 11) is -2.31. The van der Waals surface area contributed by atoms with Crippen molar-refractivity contribution < 1.29 is 17.9 Å². The van der Waals surface area contributed by atoms with E-state index in [4.69, 9.17) is 4.74 Å². The van der Waals surface area contributed by atoms with Crippen molar-refractivity contribution in [3.8, 4) is 5.75 Å². The molecular weight excluding hydrogens is 436 g/mol. The number of amides is 1. The van der Waals surface area contributed by atoms with E-state index in [2.05, 4.69) is 5.32 Å². The molecule has 1 N–H and O–H groups in total. The summed E-state index contributed by atoms with van der Waals surface area (Å²) in [6, 6.07) is 20.8. The molecular formula is C26H30N2O4S. The summed E-state index contributed by atoms with van der Waals surface area (Å²) < 4.78 is 33.4. The zero-order valence-corrected chi connectivity index (χ0v) is 20.2. The van der Waals surface area contributed by atoms with Gasteiger partial charge in [-0.1, -0.05) is 55.0 Å². The van der Waals surface area contributed by atoms with Crippen molar-refractivity contribution >= 4 is 21.6 Å². The first-order chi connectivity index (χ1) is 15.8. The number of nitrogens with one attached hydrogen (secondary N) is 1. The second-order valence-electron chi connectivity index (χ2n) is 7.92. The van der Waals surface area contributed by atoms with Gasteiger partial charge >= 0.3 is 0 Å². The van der Waals surface area contributed by atoms with Crippen molar-refractivity contribution in [1.82, 2.24) is 5.32 Å². The summed E-state index contributed by atoms with van der Waals surface area (Å²) in [5, 5.41) is 2.99. The first-order valence-corrected chi connectivity index (χ1v) is 12.3. The third-order valence-electron chi connectivity index (χ3n) is 5.51. The van der Waals surface area contributed by atoms with Gasteiger partial charge in [-0.3, -0.25) is 9.10 Å². The lowest BCUT2D eigenvalue weighted by molar-refractivity contribution is -0.120. The van der Waals surface area contributed by atoms with E-state index in [1.165, 1.54) is 0 Å². The van der Waals surface area contributed by atoms with Crippen LogP contribution < -0.4 is 14.4 Å². The SMILES string of the molecule is CCC(NC(=O)CN(c1ccccc1)S(=O)(=O)c1ccc(C)cc1)c1ccc(OC)c(C)c1. The maximum atomic E-state index is 13.5. The van der Waals surface area contributed by atoms with Gasteiger partial charge in [-0.15, -0.1) is 0 Å². The highest BCUT2D eigenvalue weighted by molar-refractivity contribution is 7.92. The number of rotatable bonds is 9. The van der Waals surface area contributed by atoms with E-state index in [0.717, 1.165) is 26.7 Å². The number of methoxy groups -OCH3 is 1. The van der Waals surface area contributed by atoms with Crippen molar-refractivity contribution in [3.05, 3.63) is 89.5 Å². The van der Waals surface area contributed by atoms with Gasteiger partial charge in [-0.2, -0.15) is 0 Å².